The molecule has 0 unspecified atom stereocenters. The second kappa shape index (κ2) is 7.60. The van der Waals surface area contributed by atoms with E-state index in [-0.39, 0.29) is 18.0 Å². The van der Waals surface area contributed by atoms with Crippen molar-refractivity contribution >= 4 is 28.1 Å². The topological polar surface area (TPSA) is 53.2 Å². The molecule has 0 radical (unpaired) electrons. The van der Waals surface area contributed by atoms with Crippen LogP contribution >= 0.6 is 11.3 Å². The van der Waals surface area contributed by atoms with Crippen LogP contribution in [0.5, 0.6) is 0 Å². The van der Waals surface area contributed by atoms with Gasteiger partial charge in [-0.2, -0.15) is 0 Å². The molecule has 4 nitrogen and oxygen atoms in total. The Morgan fingerprint density at radius 3 is 2.48 bits per heavy atom. The lowest BCUT2D eigenvalue weighted by molar-refractivity contribution is 0.0734. The number of pyridine rings is 1. The maximum absolute atomic E-state index is 13.0. The fourth-order valence-electron chi connectivity index (χ4n) is 3.08. The Morgan fingerprint density at radius 2 is 1.70 bits per heavy atom. The summed E-state index contributed by atoms with van der Waals surface area (Å²) in [6, 6.07) is 23.0. The van der Waals surface area contributed by atoms with E-state index < -0.39 is 0 Å². The van der Waals surface area contributed by atoms with E-state index in [1.807, 2.05) is 78.2 Å². The van der Waals surface area contributed by atoms with Crippen molar-refractivity contribution in [1.82, 2.24) is 9.88 Å². The summed E-state index contributed by atoms with van der Waals surface area (Å²) in [4.78, 5) is 30.9. The van der Waals surface area contributed by atoms with Gasteiger partial charge in [0.25, 0.3) is 11.5 Å². The number of aromatic nitrogens is 1. The van der Waals surface area contributed by atoms with E-state index in [2.05, 4.69) is 4.98 Å². The minimum Gasteiger partial charge on any atom is -0.329 e. The van der Waals surface area contributed by atoms with Gasteiger partial charge in [0, 0.05) is 17.6 Å². The number of para-hydroxylation sites is 1. The van der Waals surface area contributed by atoms with E-state index in [0.717, 1.165) is 16.5 Å². The number of H-pyrrole nitrogens is 1. The molecule has 2 aromatic heterocycles. The summed E-state index contributed by atoms with van der Waals surface area (Å²) in [5.74, 6) is -0.0681. The molecule has 5 heteroatoms. The highest BCUT2D eigenvalue weighted by molar-refractivity contribution is 7.12. The normalized spacial score (nSPS) is 10.8. The van der Waals surface area contributed by atoms with Crippen LogP contribution in [0.2, 0.25) is 0 Å². The minimum atomic E-state index is -0.161. The number of nitrogens with zero attached hydrogens (tertiary/aromatic N) is 1. The summed E-state index contributed by atoms with van der Waals surface area (Å²) in [7, 11) is 0. The molecule has 0 spiro atoms. The fraction of sp³-hybridized carbons (Fsp3) is 0.0909. The zero-order chi connectivity index (χ0) is 18.6. The lowest BCUT2D eigenvalue weighted by Crippen LogP contribution is -2.32. The van der Waals surface area contributed by atoms with Gasteiger partial charge in [-0.05, 0) is 34.5 Å². The molecule has 0 aliphatic rings. The molecule has 0 saturated heterocycles. The summed E-state index contributed by atoms with van der Waals surface area (Å²) >= 11 is 1.41. The van der Waals surface area contributed by atoms with Crippen LogP contribution in [0.25, 0.3) is 10.9 Å². The highest BCUT2D eigenvalue weighted by atomic mass is 32.1. The van der Waals surface area contributed by atoms with E-state index in [1.54, 1.807) is 4.90 Å². The van der Waals surface area contributed by atoms with Crippen LogP contribution in [0.1, 0.15) is 20.8 Å². The number of amides is 1. The van der Waals surface area contributed by atoms with Crippen molar-refractivity contribution in [2.75, 3.05) is 0 Å². The van der Waals surface area contributed by atoms with Crippen LogP contribution in [0.3, 0.4) is 0 Å². The van der Waals surface area contributed by atoms with E-state index in [4.69, 9.17) is 0 Å². The Hall–Kier alpha value is -3.18. The highest BCUT2D eigenvalue weighted by Gasteiger charge is 2.19. The van der Waals surface area contributed by atoms with Crippen molar-refractivity contribution in [1.29, 1.82) is 0 Å². The first-order valence-electron chi connectivity index (χ1n) is 8.68. The Balaban J connectivity index is 1.69. The maximum Gasteiger partial charge on any atom is 0.264 e. The van der Waals surface area contributed by atoms with Crippen LogP contribution in [-0.2, 0) is 13.1 Å². The second-order valence-corrected chi connectivity index (χ2v) is 7.28. The third-order valence-electron chi connectivity index (χ3n) is 4.43. The fourth-order valence-corrected chi connectivity index (χ4v) is 3.77. The highest BCUT2D eigenvalue weighted by Crippen LogP contribution is 2.18. The number of carbonyl (C=O) groups excluding carboxylic acids is 1. The maximum atomic E-state index is 13.0. The Bertz CT molecular complexity index is 1120. The van der Waals surface area contributed by atoms with E-state index in [9.17, 15) is 9.59 Å². The Labute approximate surface area is 160 Å². The van der Waals surface area contributed by atoms with Gasteiger partial charge in [-0.25, -0.2) is 0 Å². The van der Waals surface area contributed by atoms with Crippen LogP contribution in [0.15, 0.2) is 83.0 Å². The second-order valence-electron chi connectivity index (χ2n) is 6.34. The number of carbonyl (C=O) groups is 1. The van der Waals surface area contributed by atoms with Gasteiger partial charge < -0.3 is 9.88 Å². The number of rotatable bonds is 5. The van der Waals surface area contributed by atoms with Crippen molar-refractivity contribution in [3.63, 3.8) is 0 Å². The summed E-state index contributed by atoms with van der Waals surface area (Å²) in [6.07, 6.45) is 0. The zero-order valence-electron chi connectivity index (χ0n) is 14.6. The monoisotopic (exact) mass is 374 g/mol. The molecule has 134 valence electrons. The van der Waals surface area contributed by atoms with Gasteiger partial charge in [-0.3, -0.25) is 9.59 Å². The third-order valence-corrected chi connectivity index (χ3v) is 5.28. The molecule has 2 aromatic carbocycles. The summed E-state index contributed by atoms with van der Waals surface area (Å²) < 4.78 is 0. The van der Waals surface area contributed by atoms with Crippen LogP contribution < -0.4 is 5.56 Å². The van der Waals surface area contributed by atoms with Gasteiger partial charge in [0.1, 0.15) is 0 Å². The summed E-state index contributed by atoms with van der Waals surface area (Å²) in [5, 5.41) is 2.84. The van der Waals surface area contributed by atoms with Crippen LogP contribution in [0, 0.1) is 0 Å². The van der Waals surface area contributed by atoms with Gasteiger partial charge in [0.2, 0.25) is 0 Å². The van der Waals surface area contributed by atoms with Gasteiger partial charge in [-0.15, -0.1) is 11.3 Å². The first-order valence-corrected chi connectivity index (χ1v) is 9.56. The van der Waals surface area contributed by atoms with Crippen molar-refractivity contribution < 1.29 is 4.79 Å². The summed E-state index contributed by atoms with van der Waals surface area (Å²) in [6.45, 7) is 0.704. The molecule has 4 aromatic rings. The molecular weight excluding hydrogens is 356 g/mol. The minimum absolute atomic E-state index is 0.0681. The third kappa shape index (κ3) is 3.83. The standard InChI is InChI=1S/C22H18N2O2S/c25-21-18(13-17-9-4-5-10-19(17)23-21)15-24(14-16-7-2-1-3-8-16)22(26)20-11-6-12-27-20/h1-13H,14-15H2,(H,23,25). The van der Waals surface area contributed by atoms with Crippen molar-refractivity contribution in [3.05, 3.63) is 105 Å². The SMILES string of the molecule is O=C(c1cccs1)N(Cc1ccccc1)Cc1cc2ccccc2[nH]c1=O. The molecule has 0 saturated carbocycles. The first kappa shape index (κ1) is 17.2. The molecule has 0 aliphatic heterocycles. The van der Waals surface area contributed by atoms with Crippen molar-refractivity contribution in [2.24, 2.45) is 0 Å². The quantitative estimate of drug-likeness (QED) is 0.562. The largest absolute Gasteiger partial charge is 0.329 e. The molecule has 0 fully saturated rings. The molecule has 2 heterocycles. The molecule has 1 N–H and O–H groups in total. The predicted molar refractivity (Wildman–Crippen MR) is 109 cm³/mol. The number of nitrogens with one attached hydrogen (secondary N) is 1. The van der Waals surface area contributed by atoms with E-state index in [1.165, 1.54) is 11.3 Å². The number of thiophene rings is 1. The van der Waals surface area contributed by atoms with Gasteiger partial charge in [0.05, 0.1) is 11.4 Å². The smallest absolute Gasteiger partial charge is 0.264 e. The van der Waals surface area contributed by atoms with E-state index in [0.29, 0.717) is 17.0 Å². The van der Waals surface area contributed by atoms with Gasteiger partial charge in [0.15, 0.2) is 0 Å². The van der Waals surface area contributed by atoms with Gasteiger partial charge in [-0.1, -0.05) is 54.6 Å². The average Bonchev–Trinajstić information content (AvgIpc) is 3.23. The molecular formula is C22H18N2O2S. The molecule has 0 atom stereocenters. The van der Waals surface area contributed by atoms with E-state index >= 15 is 0 Å². The lowest BCUT2D eigenvalue weighted by Gasteiger charge is -2.22. The molecule has 1 amide bonds. The number of aromatic amines is 1. The molecule has 0 bridgehead atoms. The molecule has 0 aliphatic carbocycles. The molecule has 27 heavy (non-hydrogen) atoms. The number of fused-ring (bicyclic) bond motifs is 1. The Kier molecular flexibility index (Phi) is 4.85. The zero-order valence-corrected chi connectivity index (χ0v) is 15.4. The lowest BCUT2D eigenvalue weighted by atomic mass is 10.1. The van der Waals surface area contributed by atoms with Crippen molar-refractivity contribution in [2.45, 2.75) is 13.1 Å². The average molecular weight is 374 g/mol. The van der Waals surface area contributed by atoms with Gasteiger partial charge >= 0.3 is 0 Å². The van der Waals surface area contributed by atoms with Crippen molar-refractivity contribution in [3.8, 4) is 0 Å². The number of hydrogen-bond donors (Lipinski definition) is 1. The summed E-state index contributed by atoms with van der Waals surface area (Å²) in [5.41, 5.74) is 2.24. The molecule has 4 rings (SSSR count). The van der Waals surface area contributed by atoms with Crippen LogP contribution in [0.4, 0.5) is 0 Å². The Morgan fingerprint density at radius 1 is 0.926 bits per heavy atom. The number of hydrogen-bond acceptors (Lipinski definition) is 3. The van der Waals surface area contributed by atoms with Crippen LogP contribution in [-0.4, -0.2) is 15.8 Å². The predicted octanol–water partition coefficient (Wildman–Crippen LogP) is 4.43. The number of benzene rings is 2. The first-order chi connectivity index (χ1) is 13.2.